The lowest BCUT2D eigenvalue weighted by Crippen LogP contribution is -2.08. The number of benzene rings is 2. The number of hydrogen-bond donors (Lipinski definition) is 1. The van der Waals surface area contributed by atoms with E-state index < -0.39 is 0 Å². The number of aromatic nitrogens is 2. The van der Waals surface area contributed by atoms with Crippen LogP contribution in [0.15, 0.2) is 42.5 Å². The van der Waals surface area contributed by atoms with E-state index in [0.29, 0.717) is 5.02 Å². The summed E-state index contributed by atoms with van der Waals surface area (Å²) in [6.07, 6.45) is 0. The van der Waals surface area contributed by atoms with Crippen molar-refractivity contribution in [2.24, 2.45) is 0 Å². The van der Waals surface area contributed by atoms with Gasteiger partial charge in [-0.3, -0.25) is 0 Å². The number of nitrogens with zero attached hydrogens (tertiary/aromatic N) is 2. The zero-order valence-electron chi connectivity index (χ0n) is 10.8. The van der Waals surface area contributed by atoms with Gasteiger partial charge >= 0.3 is 0 Å². The third-order valence-corrected chi connectivity index (χ3v) is 3.40. The molecule has 0 aliphatic heterocycles. The molecule has 0 spiro atoms. The molecule has 0 unspecified atom stereocenters. The number of imidazole rings is 1. The van der Waals surface area contributed by atoms with Gasteiger partial charge in [0, 0.05) is 25.3 Å². The number of H-pyrrole nitrogens is 1. The van der Waals surface area contributed by atoms with Gasteiger partial charge in [-0.25, -0.2) is 4.98 Å². The summed E-state index contributed by atoms with van der Waals surface area (Å²) in [5.74, 6) is 0.840. The van der Waals surface area contributed by atoms with Crippen LogP contribution >= 0.6 is 11.6 Å². The van der Waals surface area contributed by atoms with Crippen LogP contribution in [0.3, 0.4) is 0 Å². The van der Waals surface area contributed by atoms with Gasteiger partial charge < -0.3 is 9.88 Å². The van der Waals surface area contributed by atoms with Crippen LogP contribution in [0.25, 0.3) is 22.4 Å². The maximum absolute atomic E-state index is 6.15. The summed E-state index contributed by atoms with van der Waals surface area (Å²) >= 11 is 6.15. The molecule has 0 fully saturated rings. The largest absolute Gasteiger partial charge is 0.378 e. The highest BCUT2D eigenvalue weighted by Gasteiger charge is 2.08. The molecule has 4 heteroatoms. The van der Waals surface area contributed by atoms with Crippen molar-refractivity contribution in [2.75, 3.05) is 19.0 Å². The Morgan fingerprint density at radius 1 is 1.11 bits per heavy atom. The van der Waals surface area contributed by atoms with Crippen molar-refractivity contribution >= 4 is 28.3 Å². The Hall–Kier alpha value is -2.00. The van der Waals surface area contributed by atoms with Crippen LogP contribution < -0.4 is 4.90 Å². The number of hydrogen-bond acceptors (Lipinski definition) is 2. The first-order valence-corrected chi connectivity index (χ1v) is 6.45. The maximum Gasteiger partial charge on any atom is 0.138 e. The van der Waals surface area contributed by atoms with Gasteiger partial charge in [0.2, 0.25) is 0 Å². The minimum absolute atomic E-state index is 0.670. The first-order chi connectivity index (χ1) is 9.15. The van der Waals surface area contributed by atoms with Crippen LogP contribution in [0.2, 0.25) is 5.02 Å². The number of rotatable bonds is 2. The predicted octanol–water partition coefficient (Wildman–Crippen LogP) is 3.95. The smallest absolute Gasteiger partial charge is 0.138 e. The second kappa shape index (κ2) is 4.59. The summed E-state index contributed by atoms with van der Waals surface area (Å²) in [7, 11) is 4.04. The zero-order chi connectivity index (χ0) is 13.4. The van der Waals surface area contributed by atoms with E-state index in [1.165, 1.54) is 0 Å². The van der Waals surface area contributed by atoms with E-state index in [4.69, 9.17) is 11.6 Å². The lowest BCUT2D eigenvalue weighted by atomic mass is 10.2. The van der Waals surface area contributed by atoms with Gasteiger partial charge in [-0.2, -0.15) is 0 Å². The standard InChI is InChI=1S/C15H14ClN3/c1-19(2)11-6-3-5-10(9-11)15-17-13-8-4-7-12(16)14(13)18-15/h3-9H,1-2H3,(H,17,18). The molecule has 0 aliphatic carbocycles. The molecular weight excluding hydrogens is 258 g/mol. The normalized spacial score (nSPS) is 10.9. The molecule has 0 saturated carbocycles. The maximum atomic E-state index is 6.15. The highest BCUT2D eigenvalue weighted by molar-refractivity contribution is 6.35. The number of para-hydroxylation sites is 1. The fraction of sp³-hybridized carbons (Fsp3) is 0.133. The predicted molar refractivity (Wildman–Crippen MR) is 80.9 cm³/mol. The van der Waals surface area contributed by atoms with Gasteiger partial charge in [0.15, 0.2) is 0 Å². The van der Waals surface area contributed by atoms with Gasteiger partial charge in [-0.05, 0) is 24.3 Å². The summed E-state index contributed by atoms with van der Waals surface area (Å²) < 4.78 is 0. The van der Waals surface area contributed by atoms with Crippen molar-refractivity contribution in [2.45, 2.75) is 0 Å². The lowest BCUT2D eigenvalue weighted by Gasteiger charge is -2.12. The SMILES string of the molecule is CN(C)c1cccc(-c2nc3c(Cl)cccc3[nH]2)c1. The van der Waals surface area contributed by atoms with Crippen LogP contribution in [0, 0.1) is 0 Å². The third-order valence-electron chi connectivity index (χ3n) is 3.10. The molecule has 19 heavy (non-hydrogen) atoms. The Labute approximate surface area is 116 Å². The fourth-order valence-corrected chi connectivity index (χ4v) is 2.28. The quantitative estimate of drug-likeness (QED) is 0.765. The molecule has 96 valence electrons. The number of halogens is 1. The summed E-state index contributed by atoms with van der Waals surface area (Å²) in [5.41, 5.74) is 3.97. The van der Waals surface area contributed by atoms with E-state index in [0.717, 1.165) is 28.1 Å². The molecule has 3 nitrogen and oxygen atoms in total. The van der Waals surface area contributed by atoms with E-state index in [9.17, 15) is 0 Å². The van der Waals surface area contributed by atoms with E-state index >= 15 is 0 Å². The minimum atomic E-state index is 0.670. The van der Waals surface area contributed by atoms with Crippen molar-refractivity contribution in [3.63, 3.8) is 0 Å². The van der Waals surface area contributed by atoms with Crippen LogP contribution in [-0.4, -0.2) is 24.1 Å². The van der Waals surface area contributed by atoms with Crippen molar-refractivity contribution < 1.29 is 0 Å². The molecule has 0 amide bonds. The Morgan fingerprint density at radius 2 is 1.89 bits per heavy atom. The van der Waals surface area contributed by atoms with E-state index in [1.54, 1.807) is 0 Å². The lowest BCUT2D eigenvalue weighted by molar-refractivity contribution is 1.13. The Morgan fingerprint density at radius 3 is 2.63 bits per heavy atom. The summed E-state index contributed by atoms with van der Waals surface area (Å²) in [6.45, 7) is 0. The number of nitrogens with one attached hydrogen (secondary N) is 1. The Kier molecular flexibility index (Phi) is 2.91. The molecule has 0 saturated heterocycles. The monoisotopic (exact) mass is 271 g/mol. The number of aromatic amines is 1. The molecule has 2 aromatic carbocycles. The fourth-order valence-electron chi connectivity index (χ4n) is 2.07. The second-order valence-electron chi connectivity index (χ2n) is 4.67. The van der Waals surface area contributed by atoms with E-state index in [-0.39, 0.29) is 0 Å². The van der Waals surface area contributed by atoms with Crippen LogP contribution in [0.4, 0.5) is 5.69 Å². The Balaban J connectivity index is 2.14. The third kappa shape index (κ3) is 2.17. The van der Waals surface area contributed by atoms with Crippen LogP contribution in [0.1, 0.15) is 0 Å². The molecule has 1 N–H and O–H groups in total. The molecule has 1 aromatic heterocycles. The molecule has 0 atom stereocenters. The van der Waals surface area contributed by atoms with Crippen LogP contribution in [0.5, 0.6) is 0 Å². The minimum Gasteiger partial charge on any atom is -0.378 e. The molecular formula is C15H14ClN3. The highest BCUT2D eigenvalue weighted by atomic mass is 35.5. The average molecular weight is 272 g/mol. The van der Waals surface area contributed by atoms with Gasteiger partial charge in [0.05, 0.1) is 10.5 Å². The topological polar surface area (TPSA) is 31.9 Å². The van der Waals surface area contributed by atoms with Crippen LogP contribution in [-0.2, 0) is 0 Å². The average Bonchev–Trinajstić information content (AvgIpc) is 2.84. The molecule has 1 heterocycles. The van der Waals surface area contributed by atoms with Crippen molar-refractivity contribution in [3.05, 3.63) is 47.5 Å². The van der Waals surface area contributed by atoms with Crippen molar-refractivity contribution in [1.29, 1.82) is 0 Å². The van der Waals surface area contributed by atoms with E-state index in [1.807, 2.05) is 44.4 Å². The summed E-state index contributed by atoms with van der Waals surface area (Å²) in [5, 5.41) is 0.670. The highest BCUT2D eigenvalue weighted by Crippen LogP contribution is 2.27. The first-order valence-electron chi connectivity index (χ1n) is 6.07. The zero-order valence-corrected chi connectivity index (χ0v) is 11.6. The number of anilines is 1. The van der Waals surface area contributed by atoms with Gasteiger partial charge in [-0.15, -0.1) is 0 Å². The molecule has 0 aliphatic rings. The van der Waals surface area contributed by atoms with Crippen molar-refractivity contribution in [1.82, 2.24) is 9.97 Å². The molecule has 3 aromatic rings. The van der Waals surface area contributed by atoms with Gasteiger partial charge in [0.1, 0.15) is 11.3 Å². The summed E-state index contributed by atoms with van der Waals surface area (Å²) in [4.78, 5) is 9.95. The molecule has 3 rings (SSSR count). The number of fused-ring (bicyclic) bond motifs is 1. The van der Waals surface area contributed by atoms with Gasteiger partial charge in [-0.1, -0.05) is 29.8 Å². The summed E-state index contributed by atoms with van der Waals surface area (Å²) in [6, 6.07) is 14.0. The second-order valence-corrected chi connectivity index (χ2v) is 5.07. The molecule has 0 bridgehead atoms. The van der Waals surface area contributed by atoms with Gasteiger partial charge in [0.25, 0.3) is 0 Å². The van der Waals surface area contributed by atoms with Crippen molar-refractivity contribution in [3.8, 4) is 11.4 Å². The first kappa shape index (κ1) is 12.1. The Bertz CT molecular complexity index is 731. The van der Waals surface area contributed by atoms with E-state index in [2.05, 4.69) is 27.0 Å². The molecule has 0 radical (unpaired) electrons.